The number of rotatable bonds is 3. The van der Waals surface area contributed by atoms with Gasteiger partial charge in [0.1, 0.15) is 0 Å². The van der Waals surface area contributed by atoms with Crippen molar-refractivity contribution in [2.75, 3.05) is 0 Å². The zero-order valence-corrected chi connectivity index (χ0v) is 15.3. The van der Waals surface area contributed by atoms with Gasteiger partial charge in [-0.1, -0.05) is 58.3 Å². The Kier molecular flexibility index (Phi) is 5.04. The predicted octanol–water partition coefficient (Wildman–Crippen LogP) is 5.34. The van der Waals surface area contributed by atoms with E-state index in [1.807, 2.05) is 24.3 Å². The van der Waals surface area contributed by atoms with Crippen LogP contribution in [0, 0.1) is 0 Å². The number of benzene rings is 2. The van der Waals surface area contributed by atoms with Crippen molar-refractivity contribution in [1.29, 1.82) is 0 Å². The van der Waals surface area contributed by atoms with Crippen LogP contribution in [-0.4, -0.2) is 9.68 Å². The first kappa shape index (κ1) is 16.9. The Hall–Kier alpha value is -0.980. The smallest absolute Gasteiger partial charge is 0.290 e. The Bertz CT molecular complexity index is 965. The number of carbonyl (C=O) groups is 1. The van der Waals surface area contributed by atoms with Gasteiger partial charge in [-0.15, -0.1) is 0 Å². The molecule has 1 heterocycles. The molecule has 3 nitrogen and oxygen atoms in total. The number of hydrogen-bond acceptors (Lipinski definition) is 4. The second kappa shape index (κ2) is 6.87. The van der Waals surface area contributed by atoms with Crippen molar-refractivity contribution in [3.63, 3.8) is 0 Å². The third-order valence-corrected chi connectivity index (χ3v) is 6.08. The van der Waals surface area contributed by atoms with E-state index in [9.17, 15) is 9.59 Å². The minimum absolute atomic E-state index is 0.0376. The van der Waals surface area contributed by atoms with Crippen molar-refractivity contribution < 1.29 is 4.79 Å². The molecule has 3 aromatic rings. The van der Waals surface area contributed by atoms with Crippen molar-refractivity contribution in [1.82, 2.24) is 4.57 Å². The standard InChI is InChI=1S/C15H8Cl3NO2S2/c16-8-5-10(18)13(6-9(8)17)22-14(20)7-19-11-3-1-2-4-12(11)23-15(19)21/h1-6H,7H2. The van der Waals surface area contributed by atoms with Crippen LogP contribution in [0.4, 0.5) is 0 Å². The van der Waals surface area contributed by atoms with Gasteiger partial charge in [-0.3, -0.25) is 14.2 Å². The number of hydrogen-bond donors (Lipinski definition) is 0. The fraction of sp³-hybridized carbons (Fsp3) is 0.0667. The minimum atomic E-state index is -0.212. The molecule has 0 fully saturated rings. The summed E-state index contributed by atoms with van der Waals surface area (Å²) in [4.78, 5) is 24.7. The number of halogens is 3. The van der Waals surface area contributed by atoms with E-state index in [4.69, 9.17) is 34.8 Å². The van der Waals surface area contributed by atoms with Gasteiger partial charge in [0.2, 0.25) is 5.12 Å². The highest BCUT2D eigenvalue weighted by Gasteiger charge is 2.15. The predicted molar refractivity (Wildman–Crippen MR) is 98.4 cm³/mol. The first-order valence-electron chi connectivity index (χ1n) is 6.39. The summed E-state index contributed by atoms with van der Waals surface area (Å²) in [5.74, 6) is 0. The number of para-hydroxylation sites is 1. The van der Waals surface area contributed by atoms with Crippen molar-refractivity contribution >= 4 is 73.2 Å². The topological polar surface area (TPSA) is 39.1 Å². The van der Waals surface area contributed by atoms with Gasteiger partial charge in [-0.2, -0.15) is 0 Å². The maximum absolute atomic E-state index is 12.3. The number of nitrogens with zero attached hydrogens (tertiary/aromatic N) is 1. The molecule has 0 spiro atoms. The zero-order valence-electron chi connectivity index (χ0n) is 11.4. The van der Waals surface area contributed by atoms with Gasteiger partial charge >= 0.3 is 4.87 Å². The molecule has 8 heteroatoms. The van der Waals surface area contributed by atoms with E-state index >= 15 is 0 Å². The molecule has 0 unspecified atom stereocenters. The molecule has 0 saturated heterocycles. The maximum Gasteiger partial charge on any atom is 0.308 e. The molecule has 0 aliphatic carbocycles. The SMILES string of the molecule is O=C(Cn1c(=O)sc2ccccc21)Sc1cc(Cl)c(Cl)cc1Cl. The molecule has 0 radical (unpaired) electrons. The monoisotopic (exact) mass is 403 g/mol. The summed E-state index contributed by atoms with van der Waals surface area (Å²) < 4.78 is 2.31. The van der Waals surface area contributed by atoms with Crippen LogP contribution in [0.2, 0.25) is 15.1 Å². The number of fused-ring (bicyclic) bond motifs is 1. The van der Waals surface area contributed by atoms with E-state index in [1.54, 1.807) is 6.07 Å². The van der Waals surface area contributed by atoms with Gasteiger partial charge in [0.25, 0.3) is 0 Å². The average molecular weight is 405 g/mol. The molecule has 0 amide bonds. The van der Waals surface area contributed by atoms with Gasteiger partial charge in [-0.25, -0.2) is 0 Å². The van der Waals surface area contributed by atoms with Gasteiger partial charge in [0, 0.05) is 4.90 Å². The summed E-state index contributed by atoms with van der Waals surface area (Å²) in [5.41, 5.74) is 0.747. The van der Waals surface area contributed by atoms with Gasteiger partial charge in [0.15, 0.2) is 0 Å². The van der Waals surface area contributed by atoms with Crippen LogP contribution in [0.1, 0.15) is 0 Å². The van der Waals surface area contributed by atoms with Crippen molar-refractivity contribution in [2.24, 2.45) is 0 Å². The Morgan fingerprint density at radius 2 is 1.78 bits per heavy atom. The highest BCUT2D eigenvalue weighted by Crippen LogP contribution is 2.35. The summed E-state index contributed by atoms with van der Waals surface area (Å²) in [6.07, 6.45) is 0. The molecule has 0 aliphatic rings. The average Bonchev–Trinajstić information content (AvgIpc) is 2.81. The van der Waals surface area contributed by atoms with Crippen LogP contribution in [-0.2, 0) is 11.3 Å². The molecule has 118 valence electrons. The molecular formula is C15H8Cl3NO2S2. The Morgan fingerprint density at radius 3 is 2.57 bits per heavy atom. The van der Waals surface area contributed by atoms with Crippen LogP contribution in [0.15, 0.2) is 46.1 Å². The molecule has 1 aromatic heterocycles. The first-order valence-corrected chi connectivity index (χ1v) is 9.16. The third-order valence-electron chi connectivity index (χ3n) is 3.06. The molecule has 0 atom stereocenters. The molecule has 0 N–H and O–H groups in total. The van der Waals surface area contributed by atoms with E-state index in [2.05, 4.69) is 0 Å². The van der Waals surface area contributed by atoms with Crippen molar-refractivity contribution in [2.45, 2.75) is 11.4 Å². The van der Waals surface area contributed by atoms with Gasteiger partial charge < -0.3 is 0 Å². The lowest BCUT2D eigenvalue weighted by Crippen LogP contribution is -2.17. The second-order valence-corrected chi connectivity index (χ2v) is 7.91. The van der Waals surface area contributed by atoms with Crippen molar-refractivity contribution in [3.05, 3.63) is 61.1 Å². The lowest BCUT2D eigenvalue weighted by molar-refractivity contribution is -0.111. The highest BCUT2D eigenvalue weighted by atomic mass is 35.5. The quantitative estimate of drug-likeness (QED) is 0.437. The third kappa shape index (κ3) is 3.59. The Balaban J connectivity index is 1.86. The summed E-state index contributed by atoms with van der Waals surface area (Å²) in [5, 5.41) is 0.786. The number of carbonyl (C=O) groups excluding carboxylic acids is 1. The van der Waals surface area contributed by atoms with E-state index in [-0.39, 0.29) is 16.5 Å². The van der Waals surface area contributed by atoms with E-state index in [0.717, 1.165) is 33.3 Å². The fourth-order valence-corrected chi connectivity index (χ4v) is 4.42. The summed E-state index contributed by atoms with van der Waals surface area (Å²) in [6, 6.07) is 10.4. The Morgan fingerprint density at radius 1 is 1.09 bits per heavy atom. The van der Waals surface area contributed by atoms with Crippen LogP contribution in [0.25, 0.3) is 10.2 Å². The van der Waals surface area contributed by atoms with Crippen LogP contribution >= 0.6 is 57.9 Å². The highest BCUT2D eigenvalue weighted by molar-refractivity contribution is 8.13. The van der Waals surface area contributed by atoms with Crippen LogP contribution < -0.4 is 4.87 Å². The lowest BCUT2D eigenvalue weighted by atomic mass is 10.3. The normalized spacial score (nSPS) is 11.1. The Labute approximate surface area is 154 Å². The van der Waals surface area contributed by atoms with Gasteiger partial charge in [0.05, 0.1) is 31.8 Å². The summed E-state index contributed by atoms with van der Waals surface area (Å²) in [6.45, 7) is -0.0376. The lowest BCUT2D eigenvalue weighted by Gasteiger charge is -2.06. The van der Waals surface area contributed by atoms with E-state index < -0.39 is 0 Å². The van der Waals surface area contributed by atoms with E-state index in [0.29, 0.717) is 20.0 Å². The molecule has 0 saturated carbocycles. The van der Waals surface area contributed by atoms with Crippen LogP contribution in [0.3, 0.4) is 0 Å². The molecule has 2 aromatic carbocycles. The van der Waals surface area contributed by atoms with Crippen molar-refractivity contribution in [3.8, 4) is 0 Å². The first-order chi connectivity index (χ1) is 11.0. The molecular weight excluding hydrogens is 397 g/mol. The largest absolute Gasteiger partial charge is 0.308 e. The maximum atomic E-state index is 12.3. The molecule has 23 heavy (non-hydrogen) atoms. The number of aromatic nitrogens is 1. The molecule has 0 bridgehead atoms. The minimum Gasteiger partial charge on any atom is -0.290 e. The second-order valence-electron chi connectivity index (χ2n) is 4.59. The number of thiazole rings is 1. The summed E-state index contributed by atoms with van der Waals surface area (Å²) in [7, 11) is 0. The zero-order chi connectivity index (χ0) is 16.6. The van der Waals surface area contributed by atoms with Gasteiger partial charge in [-0.05, 0) is 36.0 Å². The summed E-state index contributed by atoms with van der Waals surface area (Å²) >= 11 is 19.9. The molecule has 0 aliphatic heterocycles. The fourth-order valence-electron chi connectivity index (χ4n) is 2.03. The van der Waals surface area contributed by atoms with E-state index in [1.165, 1.54) is 10.6 Å². The number of thioether (sulfide) groups is 1. The molecule has 3 rings (SSSR count). The van der Waals surface area contributed by atoms with Crippen LogP contribution in [0.5, 0.6) is 0 Å².